The lowest BCUT2D eigenvalue weighted by Gasteiger charge is -2.39. The van der Waals surface area contributed by atoms with E-state index in [-0.39, 0.29) is 5.76 Å². The Labute approximate surface area is 167 Å². The zero-order valence-electron chi connectivity index (χ0n) is 16.5. The summed E-state index contributed by atoms with van der Waals surface area (Å²) in [7, 11) is 2.13. The molecule has 142 valence electrons. The van der Waals surface area contributed by atoms with E-state index < -0.39 is 0 Å². The first-order valence-electron chi connectivity index (χ1n) is 9.24. The fourth-order valence-corrected chi connectivity index (χ4v) is 3.97. The van der Waals surface area contributed by atoms with E-state index >= 15 is 0 Å². The largest absolute Gasteiger partial charge is 0.513 e. The van der Waals surface area contributed by atoms with Crippen molar-refractivity contribution in [3.63, 3.8) is 0 Å². The highest BCUT2D eigenvalue weighted by Crippen LogP contribution is 2.44. The SMILES string of the molecule is C=C(O)Cc1c(-c2ccc(Cl)cc2)cc2c(c1C)N(C)CCN2/C(C)=C\C. The lowest BCUT2D eigenvalue weighted by molar-refractivity contribution is 0.401. The van der Waals surface area contributed by atoms with Crippen molar-refractivity contribution in [1.82, 2.24) is 0 Å². The number of allylic oxidation sites excluding steroid dienone is 3. The van der Waals surface area contributed by atoms with Crippen LogP contribution >= 0.6 is 11.6 Å². The summed E-state index contributed by atoms with van der Waals surface area (Å²) in [6.07, 6.45) is 2.59. The highest BCUT2D eigenvalue weighted by atomic mass is 35.5. The first-order chi connectivity index (χ1) is 12.8. The summed E-state index contributed by atoms with van der Waals surface area (Å²) in [6, 6.07) is 10.1. The van der Waals surface area contributed by atoms with E-state index in [9.17, 15) is 5.11 Å². The second-order valence-corrected chi connectivity index (χ2v) is 7.58. The molecule has 0 unspecified atom stereocenters. The molecule has 2 aromatic rings. The molecule has 3 rings (SSSR count). The lowest BCUT2D eigenvalue weighted by atomic mass is 9.90. The minimum atomic E-state index is 0.174. The maximum atomic E-state index is 9.95. The molecule has 3 nitrogen and oxygen atoms in total. The Balaban J connectivity index is 2.30. The van der Waals surface area contributed by atoms with Gasteiger partial charge in [0.25, 0.3) is 0 Å². The molecule has 0 spiro atoms. The van der Waals surface area contributed by atoms with Crippen LogP contribution in [0.2, 0.25) is 5.02 Å². The normalized spacial score (nSPS) is 14.3. The second-order valence-electron chi connectivity index (χ2n) is 7.15. The Bertz CT molecular complexity index is 900. The summed E-state index contributed by atoms with van der Waals surface area (Å²) in [5, 5.41) is 10.7. The van der Waals surface area contributed by atoms with E-state index in [0.717, 1.165) is 29.8 Å². The molecule has 1 heterocycles. The average molecular weight is 383 g/mol. The van der Waals surface area contributed by atoms with Gasteiger partial charge in [0.1, 0.15) is 0 Å². The predicted molar refractivity (Wildman–Crippen MR) is 117 cm³/mol. The van der Waals surface area contributed by atoms with E-state index in [1.807, 2.05) is 24.3 Å². The van der Waals surface area contributed by atoms with Crippen LogP contribution in [0.3, 0.4) is 0 Å². The van der Waals surface area contributed by atoms with Gasteiger partial charge in [-0.2, -0.15) is 0 Å². The predicted octanol–water partition coefficient (Wildman–Crippen LogP) is 6.11. The summed E-state index contributed by atoms with van der Waals surface area (Å²) in [6.45, 7) is 12.0. The molecular weight excluding hydrogens is 356 g/mol. The third-order valence-corrected chi connectivity index (χ3v) is 5.62. The molecule has 0 saturated carbocycles. The van der Waals surface area contributed by atoms with E-state index in [1.54, 1.807) is 0 Å². The number of anilines is 2. The molecule has 2 aromatic carbocycles. The zero-order valence-corrected chi connectivity index (χ0v) is 17.3. The van der Waals surface area contributed by atoms with Crippen molar-refractivity contribution in [2.45, 2.75) is 27.2 Å². The zero-order chi connectivity index (χ0) is 19.7. The Kier molecular flexibility index (Phi) is 5.52. The van der Waals surface area contributed by atoms with Gasteiger partial charge in [-0.1, -0.05) is 36.4 Å². The molecule has 1 aliphatic heterocycles. The monoisotopic (exact) mass is 382 g/mol. The molecule has 4 heteroatoms. The summed E-state index contributed by atoms with van der Waals surface area (Å²) >= 11 is 6.10. The van der Waals surface area contributed by atoms with Crippen molar-refractivity contribution in [2.24, 2.45) is 0 Å². The number of halogens is 1. The number of aliphatic hydroxyl groups excluding tert-OH is 1. The van der Waals surface area contributed by atoms with Gasteiger partial charge < -0.3 is 14.9 Å². The molecule has 0 aliphatic carbocycles. The van der Waals surface area contributed by atoms with Crippen molar-refractivity contribution in [1.29, 1.82) is 0 Å². The fraction of sp³-hybridized carbons (Fsp3) is 0.304. The number of hydrogen-bond donors (Lipinski definition) is 1. The number of rotatable bonds is 4. The van der Waals surface area contributed by atoms with Crippen molar-refractivity contribution >= 4 is 23.0 Å². The maximum Gasteiger partial charge on any atom is 0.0895 e. The van der Waals surface area contributed by atoms with Crippen LogP contribution in [0.4, 0.5) is 11.4 Å². The van der Waals surface area contributed by atoms with E-state index in [4.69, 9.17) is 11.6 Å². The number of fused-ring (bicyclic) bond motifs is 1. The Hall–Kier alpha value is -2.39. The van der Waals surface area contributed by atoms with Crippen LogP contribution in [-0.4, -0.2) is 25.2 Å². The minimum absolute atomic E-state index is 0.174. The number of likely N-dealkylation sites (N-methyl/N-ethyl adjacent to an activating group) is 1. The average Bonchev–Trinajstić information content (AvgIpc) is 2.63. The quantitative estimate of drug-likeness (QED) is 0.646. The van der Waals surface area contributed by atoms with Gasteiger partial charge in [-0.05, 0) is 61.2 Å². The fourth-order valence-electron chi connectivity index (χ4n) is 3.84. The van der Waals surface area contributed by atoms with Crippen LogP contribution in [0, 0.1) is 6.92 Å². The van der Waals surface area contributed by atoms with Crippen LogP contribution in [0.5, 0.6) is 0 Å². The molecule has 27 heavy (non-hydrogen) atoms. The molecule has 0 radical (unpaired) electrons. The van der Waals surface area contributed by atoms with Crippen molar-refractivity contribution in [2.75, 3.05) is 29.9 Å². The second kappa shape index (κ2) is 7.69. The van der Waals surface area contributed by atoms with Crippen LogP contribution in [0.15, 0.2) is 54.4 Å². The molecule has 0 amide bonds. The molecule has 0 aromatic heterocycles. The van der Waals surface area contributed by atoms with Crippen LogP contribution in [0.1, 0.15) is 25.0 Å². The minimum Gasteiger partial charge on any atom is -0.513 e. The van der Waals surface area contributed by atoms with Gasteiger partial charge >= 0.3 is 0 Å². The van der Waals surface area contributed by atoms with Gasteiger partial charge in [0.15, 0.2) is 0 Å². The highest BCUT2D eigenvalue weighted by Gasteiger charge is 2.26. The summed E-state index contributed by atoms with van der Waals surface area (Å²) in [5.74, 6) is 0.174. The van der Waals surface area contributed by atoms with Crippen molar-refractivity contribution in [3.05, 3.63) is 70.6 Å². The standard InChI is InChI=1S/C23H27ClN2O/c1-6-15(2)26-12-11-25(5)23-17(4)20(13-16(3)27)21(14-22(23)26)18-7-9-19(24)10-8-18/h6-10,14,27H,3,11-13H2,1-2,4-5H3/b15-6-. The number of nitrogens with zero attached hydrogens (tertiary/aromatic N) is 2. The number of benzene rings is 2. The maximum absolute atomic E-state index is 9.95. The van der Waals surface area contributed by atoms with Crippen molar-refractivity contribution < 1.29 is 5.11 Å². The number of hydrogen-bond acceptors (Lipinski definition) is 3. The smallest absolute Gasteiger partial charge is 0.0895 e. The highest BCUT2D eigenvalue weighted by molar-refractivity contribution is 6.30. The summed E-state index contributed by atoms with van der Waals surface area (Å²) in [5.41, 5.74) is 8.16. The number of aliphatic hydroxyl groups is 1. The third-order valence-electron chi connectivity index (χ3n) is 5.37. The van der Waals surface area contributed by atoms with Gasteiger partial charge in [0.05, 0.1) is 17.1 Å². The molecule has 0 bridgehead atoms. The summed E-state index contributed by atoms with van der Waals surface area (Å²) in [4.78, 5) is 4.68. The van der Waals surface area contributed by atoms with E-state index in [0.29, 0.717) is 11.4 Å². The lowest BCUT2D eigenvalue weighted by Crippen LogP contribution is -2.39. The first-order valence-corrected chi connectivity index (χ1v) is 9.62. The van der Waals surface area contributed by atoms with Gasteiger partial charge in [0.2, 0.25) is 0 Å². The van der Waals surface area contributed by atoms with Gasteiger partial charge in [-0.3, -0.25) is 0 Å². The summed E-state index contributed by atoms with van der Waals surface area (Å²) < 4.78 is 0. The van der Waals surface area contributed by atoms with Crippen LogP contribution in [-0.2, 0) is 6.42 Å². The molecular formula is C23H27ClN2O. The first kappa shape index (κ1) is 19.4. The Morgan fingerprint density at radius 2 is 1.93 bits per heavy atom. The van der Waals surface area contributed by atoms with Gasteiger partial charge in [-0.25, -0.2) is 0 Å². The molecule has 0 atom stereocenters. The van der Waals surface area contributed by atoms with E-state index in [2.05, 4.69) is 56.3 Å². The molecule has 1 aliphatic rings. The van der Waals surface area contributed by atoms with Gasteiger partial charge in [0, 0.05) is 37.3 Å². The Morgan fingerprint density at radius 1 is 1.26 bits per heavy atom. The Morgan fingerprint density at radius 3 is 2.52 bits per heavy atom. The topological polar surface area (TPSA) is 26.7 Å². The molecule has 0 fully saturated rings. The van der Waals surface area contributed by atoms with Crippen molar-refractivity contribution in [3.8, 4) is 11.1 Å². The van der Waals surface area contributed by atoms with Crippen LogP contribution < -0.4 is 9.80 Å². The third kappa shape index (κ3) is 3.70. The molecule has 1 N–H and O–H groups in total. The van der Waals surface area contributed by atoms with Gasteiger partial charge in [-0.15, -0.1) is 0 Å². The van der Waals surface area contributed by atoms with Crippen LogP contribution in [0.25, 0.3) is 11.1 Å². The van der Waals surface area contributed by atoms with E-state index in [1.165, 1.54) is 22.6 Å². The molecule has 0 saturated heterocycles.